The van der Waals surface area contributed by atoms with E-state index in [1.54, 1.807) is 74.9 Å². The summed E-state index contributed by atoms with van der Waals surface area (Å²) in [4.78, 5) is 51.8. The predicted molar refractivity (Wildman–Crippen MR) is 461 cm³/mol. The molecule has 15 aromatic rings. The molecule has 22 nitrogen and oxygen atoms in total. The smallest absolute Gasteiger partial charge is 0.424 e. The fraction of sp³-hybridized carbons (Fsp3) is 0.103. The molecule has 7 aromatic carbocycles. The molecule has 113 heavy (non-hydrogen) atoms. The van der Waals surface area contributed by atoms with Crippen LogP contribution in [0.5, 0.6) is 0 Å². The molecule has 0 bridgehead atoms. The number of nitro groups is 3. The Balaban J connectivity index is 0.000000523. The summed E-state index contributed by atoms with van der Waals surface area (Å²) in [5.74, 6) is 2.92. The van der Waals surface area contributed by atoms with Crippen LogP contribution in [-0.4, -0.2) is 82.2 Å². The number of rotatable bonds is 6. The van der Waals surface area contributed by atoms with Gasteiger partial charge in [-0.25, -0.2) is 0 Å². The summed E-state index contributed by atoms with van der Waals surface area (Å²) >= 11 is 5.46. The number of benzene rings is 7. The second-order valence-electron chi connectivity index (χ2n) is 20.7. The molecule has 0 spiro atoms. The van der Waals surface area contributed by atoms with Crippen molar-refractivity contribution in [3.05, 3.63) is 433 Å². The van der Waals surface area contributed by atoms with Crippen molar-refractivity contribution in [2.75, 3.05) is 5.73 Å². The number of alkyl halides is 1. The normalized spacial score (nSPS) is 13.2. The maximum Gasteiger partial charge on any atom is 0.480 e. The van der Waals surface area contributed by atoms with Crippen molar-refractivity contribution in [1.82, 2.24) is 50.3 Å². The molecule has 6 N–H and O–H groups in total. The first-order valence-electron chi connectivity index (χ1n) is 46.5. The van der Waals surface area contributed by atoms with Crippen LogP contribution in [-0.2, 0) is 5.88 Å². The lowest BCUT2D eigenvalue weighted by Gasteiger charge is -1.97. The lowest BCUT2D eigenvalue weighted by Crippen LogP contribution is -2.05. The highest BCUT2D eigenvalue weighted by atomic mass is 36.5. The fourth-order valence-electron chi connectivity index (χ4n) is 6.82. The van der Waals surface area contributed by atoms with E-state index >= 15 is 0 Å². The molecule has 8 heterocycles. The van der Waals surface area contributed by atoms with Crippen LogP contribution in [0.25, 0.3) is 27.9 Å². The summed E-state index contributed by atoms with van der Waals surface area (Å²) in [6.45, 7) is 1.90. The summed E-state index contributed by atoms with van der Waals surface area (Å²) in [5, 5.41) is 61.4. The van der Waals surface area contributed by atoms with Gasteiger partial charge in [-0.15, -0.1) is 18.0 Å². The van der Waals surface area contributed by atoms with E-state index in [0.29, 0.717) is 29.0 Å². The molecule has 580 valence electrons. The maximum absolute atomic E-state index is 10.6. The lowest BCUT2D eigenvalue weighted by atomic mass is 9.91. The van der Waals surface area contributed by atoms with Gasteiger partial charge in [0.2, 0.25) is 0 Å². The molecular weight excluding hydrogens is 1490 g/mol. The molecule has 15 rings (SSSR count). The van der Waals surface area contributed by atoms with Gasteiger partial charge in [-0.1, -0.05) is 181 Å². The number of hydrogen-bond acceptors (Lipinski definition) is 17. The molecular formula is C87H90BCl3N14O8. The Bertz CT molecular complexity index is 6540. The molecule has 0 aliphatic heterocycles. The second kappa shape index (κ2) is 60.4. The van der Waals surface area contributed by atoms with E-state index < -0.39 is 132 Å². The fourth-order valence-corrected chi connectivity index (χ4v) is 6.97. The van der Waals surface area contributed by atoms with Gasteiger partial charge in [0.1, 0.15) is 1.37 Å². The number of hydrogen-bond donors (Lipinski definition) is 5. The van der Waals surface area contributed by atoms with E-state index in [-0.39, 0.29) is 64.4 Å². The van der Waals surface area contributed by atoms with Crippen molar-refractivity contribution in [3.8, 4) is 12.3 Å². The topological polar surface area (TPSA) is 331 Å². The van der Waals surface area contributed by atoms with E-state index in [2.05, 4.69) is 103 Å². The summed E-state index contributed by atoms with van der Waals surface area (Å²) < 4.78 is 208. The Morgan fingerprint density at radius 1 is 0.522 bits per heavy atom. The number of aromatic amines is 2. The number of halogens is 3. The second-order valence-corrected chi connectivity index (χ2v) is 21.0. The average Bonchev–Trinajstić information content (AvgIpc) is 1.61. The monoisotopic (exact) mass is 1600 g/mol. The predicted octanol–water partition coefficient (Wildman–Crippen LogP) is 20.9. The Hall–Kier alpha value is -13.5. The van der Waals surface area contributed by atoms with Gasteiger partial charge in [-0.3, -0.25) is 70.4 Å². The zero-order valence-corrected chi connectivity index (χ0v) is 63.0. The Morgan fingerprint density at radius 3 is 1.53 bits per heavy atom. The zero-order valence-electron chi connectivity index (χ0n) is 89.7. The minimum Gasteiger partial charge on any atom is -0.424 e. The summed E-state index contributed by atoms with van der Waals surface area (Å²) in [6.07, 6.45) is 9.33. The van der Waals surface area contributed by atoms with Gasteiger partial charge < -0.3 is 15.8 Å². The molecule has 0 aliphatic rings. The van der Waals surface area contributed by atoms with Gasteiger partial charge in [0.25, 0.3) is 17.1 Å². The third-order valence-corrected chi connectivity index (χ3v) is 12.4. The summed E-state index contributed by atoms with van der Waals surface area (Å²) in [7, 11) is 6.53. The number of pyridine rings is 6. The number of anilines is 1. The molecule has 8 aromatic heterocycles. The molecule has 0 atom stereocenters. The van der Waals surface area contributed by atoms with E-state index in [1.165, 1.54) is 48.2 Å². The van der Waals surface area contributed by atoms with Crippen molar-refractivity contribution in [2.45, 2.75) is 61.1 Å². The van der Waals surface area contributed by atoms with Crippen molar-refractivity contribution >= 4 is 91.1 Å². The molecule has 0 fully saturated rings. The molecule has 0 saturated carbocycles. The van der Waals surface area contributed by atoms with Gasteiger partial charge >= 0.3 is 7.12 Å². The number of terminal acetylenes is 1. The Kier molecular flexibility index (Phi) is 30.8. The number of nitro benzene ring substituents is 3. The number of aromatic nitrogens is 10. The SMILES string of the molecule is Cc1ccc([N+](=O)[O-])cc1N.Cc1ccccc1.Cc1ccccn1.ClCc1ccccn1.ClCl.O=[N+]([O-])c1ccc2cn[nH]c2c1.[2H]/C(=C\c1ccccc1)B(O)O.[2H]C#Cc1ccccc1.[2H]C([2H])([2H])c1ccccn1.[2H]c1c([2H])c([2H])c(C([2H])([2H])[2H])c([2H])c1[2H].[2H]c1c([N+](=O)[O-])c([2H])c2[nH]nc([2H])c2c1[2H].[2H]c1cccc(C)n1.[2H]c1nc(C([2H])([2H])[2H])c([2H])c([2H])c1[2H].[2H]c1nc(C)c([2H])c([2H])c1[2H]. The minimum absolute atomic E-state index is 0.0353. The molecule has 0 saturated heterocycles. The van der Waals surface area contributed by atoms with Gasteiger partial charge in [0.15, 0.2) is 0 Å². The van der Waals surface area contributed by atoms with Gasteiger partial charge in [0, 0.05) is 158 Å². The van der Waals surface area contributed by atoms with E-state index in [9.17, 15) is 30.3 Å². The van der Waals surface area contributed by atoms with Crippen molar-refractivity contribution in [1.29, 1.82) is 0 Å². The molecule has 0 unspecified atom stereocenters. The van der Waals surface area contributed by atoms with Crippen LogP contribution in [0.2, 0.25) is 0 Å². The number of H-pyrrole nitrogens is 2. The van der Waals surface area contributed by atoms with Crippen LogP contribution in [0.3, 0.4) is 0 Å². The van der Waals surface area contributed by atoms with Crippen molar-refractivity contribution < 1.29 is 64.6 Å². The van der Waals surface area contributed by atoms with E-state index in [1.807, 2.05) is 129 Å². The Labute approximate surface area is 715 Å². The maximum atomic E-state index is 10.6. The summed E-state index contributed by atoms with van der Waals surface area (Å²) in [5.41, 5.74) is 11.9. The van der Waals surface area contributed by atoms with Gasteiger partial charge in [-0.05, 0) is 163 Å². The number of non-ortho nitro benzene ring substituents is 2. The number of nitrogens with two attached hydrogens (primary N) is 1. The summed E-state index contributed by atoms with van der Waals surface area (Å²) in [6, 6.07) is 52.5. The first kappa shape index (κ1) is 57.6. The highest BCUT2D eigenvalue weighted by Crippen LogP contribution is 2.20. The largest absolute Gasteiger partial charge is 0.480 e. The van der Waals surface area contributed by atoms with Crippen LogP contribution >= 0.6 is 33.3 Å². The van der Waals surface area contributed by atoms with Gasteiger partial charge in [-0.2, -0.15) is 10.2 Å². The van der Waals surface area contributed by atoms with Crippen LogP contribution in [0.15, 0.2) is 340 Å². The quantitative estimate of drug-likeness (QED) is 0.0258. The number of fused-ring (bicyclic) bond motifs is 2. The standard InChI is InChI=1S/C8H9BO2.C8H6.2C7H5N3O2.C7H8N2O2.2C7H8.C6H6ClN.5C6H7N.Cl2/c10-9(11)7-6-8-4-2-1-3-5-8;1-2-8-6-4-3-5-7-8;2*11-10(12)6-2-1-5-4-8-9-7(5)3-6;1-5-2-3-6(9(10)11)4-7(5)8;2*1-7-5-3-2-4-6-7;7-5-6-3-1-2-4-8-6;5*1-6-4-2-3-5-7-6;1-2/h1-7,10-11H;1,3-7H;2*1-4H,(H,8,9);2-4H,8H2,1H3;2*2-6H,1H3;1-4H,5H2;5*2-5H,1H3;/b7-6+;;;;;;;;;;;;;/i7D;1D;1D,2D,3D,4D;;;1D3,2D,3D,4D,5D,6D;;;1D3,2D,3D,4D,5D;2D,3D,4D,5D;5D;1D3;;. The number of nitrogen functional groups attached to an aromatic ring is 1. The third-order valence-electron chi connectivity index (χ3n) is 12.1. The average molecular weight is 1610 g/mol. The van der Waals surface area contributed by atoms with Gasteiger partial charge in [0.05, 0.1) is 75.8 Å². The van der Waals surface area contributed by atoms with Crippen LogP contribution in [0.4, 0.5) is 22.7 Å². The number of nitrogens with zero attached hydrogens (tertiary/aromatic N) is 11. The molecule has 0 radical (unpaired) electrons. The van der Waals surface area contributed by atoms with E-state index in [4.69, 9.17) is 67.1 Å². The van der Waals surface area contributed by atoms with Crippen molar-refractivity contribution in [2.24, 2.45) is 0 Å². The molecule has 0 amide bonds. The Morgan fingerprint density at radius 2 is 1.04 bits per heavy atom. The zero-order chi connectivity index (χ0) is 108. The molecule has 26 heteroatoms. The van der Waals surface area contributed by atoms with Crippen molar-refractivity contribution in [3.63, 3.8) is 0 Å². The van der Waals surface area contributed by atoms with Crippen LogP contribution < -0.4 is 5.73 Å². The first-order chi connectivity index (χ1) is 66.5. The third kappa shape index (κ3) is 47.8. The lowest BCUT2D eigenvalue weighted by molar-refractivity contribution is -0.384. The number of aryl methyl sites for hydroxylation is 7. The van der Waals surface area contributed by atoms with Crippen LogP contribution in [0, 0.1) is 97.8 Å². The number of nitrogens with one attached hydrogen (secondary N) is 2. The minimum atomic E-state index is -2.70. The first-order valence-corrected chi connectivity index (χ1v) is 33.7. The van der Waals surface area contributed by atoms with Crippen LogP contribution in [0.1, 0.15) is 102 Å². The highest BCUT2D eigenvalue weighted by Gasteiger charge is 2.08. The highest BCUT2D eigenvalue weighted by molar-refractivity contribution is 6.85. The van der Waals surface area contributed by atoms with E-state index in [0.717, 1.165) is 39.2 Å². The molecule has 0 aliphatic carbocycles.